The lowest BCUT2D eigenvalue weighted by atomic mass is 9.61. The van der Waals surface area contributed by atoms with Gasteiger partial charge in [0.2, 0.25) is 5.89 Å². The smallest absolute Gasteiger partial charge is 0.203 e. The van der Waals surface area contributed by atoms with E-state index in [1.807, 2.05) is 12.3 Å². The summed E-state index contributed by atoms with van der Waals surface area (Å²) in [5.41, 5.74) is 3.15. The molecule has 0 aromatic carbocycles. The molecular weight excluding hydrogens is 474 g/mol. The van der Waals surface area contributed by atoms with E-state index in [2.05, 4.69) is 50.6 Å². The van der Waals surface area contributed by atoms with Gasteiger partial charge in [-0.3, -0.25) is 0 Å². The molecule has 7 atom stereocenters. The minimum absolute atomic E-state index is 0.245. The molecule has 1 aromatic heterocycles. The highest BCUT2D eigenvalue weighted by Gasteiger charge is 2.54. The topological polar surface area (TPSA) is 86.7 Å². The van der Waals surface area contributed by atoms with E-state index in [4.69, 9.17) is 4.42 Å². The van der Waals surface area contributed by atoms with Crippen molar-refractivity contribution in [3.8, 4) is 0 Å². The molecule has 4 fully saturated rings. The standard InChI is InChI=1S/C33H47NO4/c1-5-7-26-20-34-31(38-26)33(16-17-33)30(37)14-9-21(2)27-12-13-28-23(8-6-15-32(27,28)4)10-11-24-18-25(35)19-29(36)22(24)3/h9-11,14,20-21,25,27-30,35-37H,3,5-8,12-13,15-19H2,1-2,4H3/b14-9+,23-10+,24-11-/t21-,25+,27+,28-,29-,30+,32+/m0/s1. The van der Waals surface area contributed by atoms with Crippen LogP contribution < -0.4 is 0 Å². The fourth-order valence-electron chi connectivity index (χ4n) is 7.88. The van der Waals surface area contributed by atoms with E-state index in [-0.39, 0.29) is 10.8 Å². The lowest BCUT2D eigenvalue weighted by molar-refractivity contribution is 0.0862. The molecule has 0 aliphatic heterocycles. The van der Waals surface area contributed by atoms with Gasteiger partial charge in [-0.15, -0.1) is 0 Å². The molecule has 4 aliphatic carbocycles. The summed E-state index contributed by atoms with van der Waals surface area (Å²) >= 11 is 0. The van der Waals surface area contributed by atoms with Crippen LogP contribution in [0.2, 0.25) is 0 Å². The van der Waals surface area contributed by atoms with Crippen molar-refractivity contribution in [1.82, 2.24) is 4.98 Å². The van der Waals surface area contributed by atoms with Crippen LogP contribution in [0.4, 0.5) is 0 Å². The number of aliphatic hydroxyl groups excluding tert-OH is 3. The van der Waals surface area contributed by atoms with E-state index in [9.17, 15) is 15.3 Å². The van der Waals surface area contributed by atoms with Crippen molar-refractivity contribution in [2.45, 2.75) is 115 Å². The number of allylic oxidation sites excluding steroid dienone is 4. The van der Waals surface area contributed by atoms with Crippen LogP contribution in [0, 0.1) is 23.2 Å². The third-order valence-corrected chi connectivity index (χ3v) is 10.4. The Morgan fingerprint density at radius 2 is 1.97 bits per heavy atom. The third kappa shape index (κ3) is 5.14. The first-order chi connectivity index (χ1) is 18.2. The minimum Gasteiger partial charge on any atom is -0.445 e. The highest BCUT2D eigenvalue weighted by atomic mass is 16.4. The largest absolute Gasteiger partial charge is 0.445 e. The zero-order valence-corrected chi connectivity index (χ0v) is 23.5. The van der Waals surface area contributed by atoms with E-state index in [0.717, 1.165) is 49.0 Å². The second-order valence-corrected chi connectivity index (χ2v) is 12.9. The van der Waals surface area contributed by atoms with Gasteiger partial charge in [-0.2, -0.15) is 0 Å². The number of hydrogen-bond donors (Lipinski definition) is 3. The molecule has 5 nitrogen and oxygen atoms in total. The van der Waals surface area contributed by atoms with Crippen LogP contribution in [0.5, 0.6) is 0 Å². The molecule has 3 N–H and O–H groups in total. The number of aryl methyl sites for hydroxylation is 1. The molecule has 1 aromatic rings. The predicted molar refractivity (Wildman–Crippen MR) is 150 cm³/mol. The molecule has 0 spiro atoms. The predicted octanol–water partition coefficient (Wildman–Crippen LogP) is 6.35. The van der Waals surface area contributed by atoms with Gasteiger partial charge in [0.25, 0.3) is 0 Å². The normalized spacial score (nSPS) is 36.6. The summed E-state index contributed by atoms with van der Waals surface area (Å²) < 4.78 is 6.01. The summed E-state index contributed by atoms with van der Waals surface area (Å²) in [6, 6.07) is 0. The van der Waals surface area contributed by atoms with Crippen LogP contribution in [-0.2, 0) is 11.8 Å². The second-order valence-electron chi connectivity index (χ2n) is 12.9. The number of nitrogens with zero attached hydrogens (tertiary/aromatic N) is 1. The van der Waals surface area contributed by atoms with Gasteiger partial charge in [0.15, 0.2) is 0 Å². The SMILES string of the molecule is C=C1/C(=C\C=C2/CCC[C@]3(C)[C@@H]([C@@H](C)/C=C/[C@@H](O)C4(c5ncc(CCC)o5)CC4)CC[C@@H]23)C[C@@H](O)C[C@@H]1O. The first-order valence-corrected chi connectivity index (χ1v) is 14.9. The molecule has 0 amide bonds. The highest BCUT2D eigenvalue weighted by Crippen LogP contribution is 2.60. The summed E-state index contributed by atoms with van der Waals surface area (Å²) in [6.07, 6.45) is 19.5. The molecule has 5 heteroatoms. The van der Waals surface area contributed by atoms with Crippen LogP contribution in [0.3, 0.4) is 0 Å². The van der Waals surface area contributed by atoms with E-state index >= 15 is 0 Å². The zero-order chi connectivity index (χ0) is 27.1. The van der Waals surface area contributed by atoms with E-state index in [1.165, 1.54) is 31.3 Å². The molecule has 38 heavy (non-hydrogen) atoms. The van der Waals surface area contributed by atoms with Crippen molar-refractivity contribution in [2.24, 2.45) is 23.2 Å². The Labute approximate surface area is 228 Å². The zero-order valence-electron chi connectivity index (χ0n) is 23.5. The second kappa shape index (κ2) is 10.9. The monoisotopic (exact) mass is 521 g/mol. The van der Waals surface area contributed by atoms with Crippen molar-refractivity contribution in [1.29, 1.82) is 0 Å². The Balaban J connectivity index is 1.27. The first-order valence-electron chi connectivity index (χ1n) is 14.9. The van der Waals surface area contributed by atoms with Crippen molar-refractivity contribution < 1.29 is 19.7 Å². The van der Waals surface area contributed by atoms with Crippen LogP contribution >= 0.6 is 0 Å². The molecule has 0 unspecified atom stereocenters. The summed E-state index contributed by atoms with van der Waals surface area (Å²) in [5.74, 6) is 3.14. The van der Waals surface area contributed by atoms with Crippen LogP contribution in [-0.4, -0.2) is 38.6 Å². The Kier molecular flexibility index (Phi) is 7.92. The molecule has 4 saturated carbocycles. The van der Waals surface area contributed by atoms with Crippen LogP contribution in [0.1, 0.15) is 96.6 Å². The minimum atomic E-state index is -0.643. The van der Waals surface area contributed by atoms with Gasteiger partial charge in [-0.25, -0.2) is 4.98 Å². The lowest BCUT2D eigenvalue weighted by Gasteiger charge is -2.44. The fraction of sp³-hybridized carbons (Fsp3) is 0.667. The summed E-state index contributed by atoms with van der Waals surface area (Å²) in [5, 5.41) is 31.5. The quantitative estimate of drug-likeness (QED) is 0.347. The van der Waals surface area contributed by atoms with Gasteiger partial charge in [0, 0.05) is 12.8 Å². The molecule has 5 rings (SSSR count). The molecular formula is C33H47NO4. The van der Waals surface area contributed by atoms with Gasteiger partial charge in [0.1, 0.15) is 5.76 Å². The lowest BCUT2D eigenvalue weighted by Crippen LogP contribution is -2.35. The third-order valence-electron chi connectivity index (χ3n) is 10.4. The van der Waals surface area contributed by atoms with Crippen LogP contribution in [0.15, 0.2) is 58.2 Å². The van der Waals surface area contributed by atoms with Crippen LogP contribution in [0.25, 0.3) is 0 Å². The van der Waals surface area contributed by atoms with Gasteiger partial charge >= 0.3 is 0 Å². The number of rotatable bonds is 8. The van der Waals surface area contributed by atoms with Crippen molar-refractivity contribution in [2.75, 3.05) is 0 Å². The highest BCUT2D eigenvalue weighted by molar-refractivity contribution is 5.38. The Bertz CT molecular complexity index is 1110. The number of aliphatic hydroxyl groups is 3. The average molecular weight is 522 g/mol. The van der Waals surface area contributed by atoms with Crippen molar-refractivity contribution >= 4 is 0 Å². The van der Waals surface area contributed by atoms with E-state index in [1.54, 1.807) is 0 Å². The number of aromatic nitrogens is 1. The van der Waals surface area contributed by atoms with Crippen molar-refractivity contribution in [3.05, 3.63) is 65.5 Å². The maximum atomic E-state index is 11.2. The van der Waals surface area contributed by atoms with E-state index in [0.29, 0.717) is 36.5 Å². The average Bonchev–Trinajstić information content (AvgIpc) is 3.42. The molecule has 0 saturated heterocycles. The number of fused-ring (bicyclic) bond motifs is 1. The molecule has 0 radical (unpaired) electrons. The van der Waals surface area contributed by atoms with Gasteiger partial charge in [-0.1, -0.05) is 57.2 Å². The summed E-state index contributed by atoms with van der Waals surface area (Å²) in [7, 11) is 0. The summed E-state index contributed by atoms with van der Waals surface area (Å²) in [6.45, 7) is 11.0. The Hall–Kier alpha value is -1.95. The van der Waals surface area contributed by atoms with Gasteiger partial charge < -0.3 is 19.7 Å². The number of oxazole rings is 1. The maximum Gasteiger partial charge on any atom is 0.203 e. The Morgan fingerprint density at radius 3 is 2.71 bits per heavy atom. The number of hydrogen-bond acceptors (Lipinski definition) is 5. The van der Waals surface area contributed by atoms with Crippen molar-refractivity contribution in [3.63, 3.8) is 0 Å². The van der Waals surface area contributed by atoms with Gasteiger partial charge in [-0.05, 0) is 92.1 Å². The Morgan fingerprint density at radius 1 is 1.18 bits per heavy atom. The molecule has 208 valence electrons. The van der Waals surface area contributed by atoms with E-state index < -0.39 is 18.3 Å². The first kappa shape index (κ1) is 27.6. The summed E-state index contributed by atoms with van der Waals surface area (Å²) in [4.78, 5) is 4.53. The van der Waals surface area contributed by atoms with Gasteiger partial charge in [0.05, 0.1) is 29.9 Å². The molecule has 4 aliphatic rings. The molecule has 1 heterocycles. The fourth-order valence-corrected chi connectivity index (χ4v) is 7.88. The maximum absolute atomic E-state index is 11.2. The molecule has 0 bridgehead atoms.